The minimum Gasteiger partial charge on any atom is -0.616 e. The third kappa shape index (κ3) is 8.41. The van der Waals surface area contributed by atoms with E-state index in [1.54, 1.807) is 0 Å². The molecule has 0 aromatic carbocycles. The summed E-state index contributed by atoms with van der Waals surface area (Å²) in [4.78, 5) is 0. The van der Waals surface area contributed by atoms with Crippen molar-refractivity contribution in [3.05, 3.63) is 6.92 Å². The van der Waals surface area contributed by atoms with Crippen LogP contribution in [0.15, 0.2) is 0 Å². The number of hydrogen-bond acceptors (Lipinski definition) is 1. The van der Waals surface area contributed by atoms with E-state index in [0.29, 0.717) is 0 Å². The van der Waals surface area contributed by atoms with Crippen LogP contribution in [-0.2, 0) is 11.2 Å². The zero-order valence-corrected chi connectivity index (χ0v) is 9.00. The van der Waals surface area contributed by atoms with Crippen molar-refractivity contribution in [2.24, 2.45) is 0 Å². The lowest BCUT2D eigenvalue weighted by Crippen LogP contribution is -2.10. The van der Waals surface area contributed by atoms with Gasteiger partial charge in [-0.15, -0.1) is 0 Å². The molecule has 0 bridgehead atoms. The van der Waals surface area contributed by atoms with Gasteiger partial charge in [0.15, 0.2) is 0 Å². The van der Waals surface area contributed by atoms with Crippen LogP contribution in [0.3, 0.4) is 0 Å². The summed E-state index contributed by atoms with van der Waals surface area (Å²) in [5, 5.41) is 0. The summed E-state index contributed by atoms with van der Waals surface area (Å²) in [5.74, 6) is 1.81. The summed E-state index contributed by atoms with van der Waals surface area (Å²) < 4.78 is 11.3. The molecule has 1 unspecified atom stereocenters. The molecule has 2 heteroatoms. The third-order valence-electron chi connectivity index (χ3n) is 1.85. The van der Waals surface area contributed by atoms with Gasteiger partial charge >= 0.3 is 0 Å². The Morgan fingerprint density at radius 1 is 1.08 bits per heavy atom. The summed E-state index contributed by atoms with van der Waals surface area (Å²) in [6, 6.07) is 0. The fourth-order valence-electron chi connectivity index (χ4n) is 1.02. The molecule has 0 saturated carbocycles. The highest BCUT2D eigenvalue weighted by Gasteiger charge is 2.03. The van der Waals surface area contributed by atoms with Gasteiger partial charge in [-0.3, -0.25) is 0 Å². The molecule has 1 radical (unpaired) electrons. The van der Waals surface area contributed by atoms with Crippen LogP contribution in [0.25, 0.3) is 0 Å². The van der Waals surface area contributed by atoms with E-state index in [-0.39, 0.29) is 0 Å². The fourth-order valence-corrected chi connectivity index (χ4v) is 2.36. The summed E-state index contributed by atoms with van der Waals surface area (Å²) >= 11 is -0.544. The van der Waals surface area contributed by atoms with Gasteiger partial charge in [-0.25, -0.2) is 0 Å². The fraction of sp³-hybridized carbons (Fsp3) is 0.900. The lowest BCUT2D eigenvalue weighted by molar-refractivity contribution is 0.585. The molecule has 12 heavy (non-hydrogen) atoms. The second-order valence-electron chi connectivity index (χ2n) is 3.12. The van der Waals surface area contributed by atoms with E-state index >= 15 is 0 Å². The van der Waals surface area contributed by atoms with Crippen LogP contribution in [0.1, 0.15) is 45.4 Å². The van der Waals surface area contributed by atoms with Crippen molar-refractivity contribution in [1.82, 2.24) is 0 Å². The van der Waals surface area contributed by atoms with Gasteiger partial charge in [0, 0.05) is 0 Å². The van der Waals surface area contributed by atoms with Crippen molar-refractivity contribution in [2.45, 2.75) is 45.4 Å². The monoisotopic (exact) mass is 189 g/mol. The Morgan fingerprint density at radius 3 is 2.33 bits per heavy atom. The van der Waals surface area contributed by atoms with E-state index in [1.807, 2.05) is 0 Å². The average Bonchev–Trinajstić information content (AvgIpc) is 2.09. The number of rotatable bonds is 8. The highest BCUT2D eigenvalue weighted by atomic mass is 32.2. The summed E-state index contributed by atoms with van der Waals surface area (Å²) in [6.45, 7) is 5.91. The van der Waals surface area contributed by atoms with Crippen molar-refractivity contribution in [1.29, 1.82) is 0 Å². The van der Waals surface area contributed by atoms with E-state index < -0.39 is 11.2 Å². The van der Waals surface area contributed by atoms with Crippen LogP contribution in [0.2, 0.25) is 0 Å². The first-order valence-electron chi connectivity index (χ1n) is 4.95. The van der Waals surface area contributed by atoms with Gasteiger partial charge in [0.1, 0.15) is 11.5 Å². The molecular weight excluding hydrogens is 168 g/mol. The SMILES string of the molecule is [CH2]CCCCC[S+]([O-])CCCC. The van der Waals surface area contributed by atoms with E-state index in [4.69, 9.17) is 0 Å². The lowest BCUT2D eigenvalue weighted by atomic mass is 10.2. The van der Waals surface area contributed by atoms with Crippen molar-refractivity contribution in [3.63, 3.8) is 0 Å². The lowest BCUT2D eigenvalue weighted by Gasteiger charge is -2.09. The average molecular weight is 189 g/mol. The van der Waals surface area contributed by atoms with Gasteiger partial charge in [-0.05, 0) is 19.3 Å². The van der Waals surface area contributed by atoms with Gasteiger partial charge in [0.25, 0.3) is 0 Å². The maximum atomic E-state index is 11.3. The van der Waals surface area contributed by atoms with Gasteiger partial charge in [0.05, 0.1) is 0 Å². The van der Waals surface area contributed by atoms with Crippen LogP contribution < -0.4 is 0 Å². The van der Waals surface area contributed by atoms with Gasteiger partial charge in [-0.2, -0.15) is 0 Å². The second-order valence-corrected chi connectivity index (χ2v) is 4.81. The first-order chi connectivity index (χ1) is 5.81. The first kappa shape index (κ1) is 12.3. The van der Waals surface area contributed by atoms with Crippen molar-refractivity contribution in [3.8, 4) is 0 Å². The predicted octanol–water partition coefficient (Wildman–Crippen LogP) is 2.93. The molecule has 0 aliphatic carbocycles. The minimum absolute atomic E-state index is 0.544. The molecule has 0 fully saturated rings. The molecule has 0 aliphatic rings. The summed E-state index contributed by atoms with van der Waals surface area (Å²) in [5.41, 5.74) is 0. The smallest absolute Gasteiger partial charge is 0.105 e. The standard InChI is InChI=1S/C10H21OS/c1-3-5-7-8-10-12(11)9-6-4-2/h1,3-10H2,2H3. The third-order valence-corrected chi connectivity index (χ3v) is 3.34. The predicted molar refractivity (Wildman–Crippen MR) is 56.6 cm³/mol. The summed E-state index contributed by atoms with van der Waals surface area (Å²) in [7, 11) is 0. The van der Waals surface area contributed by atoms with Gasteiger partial charge in [-0.1, -0.05) is 44.3 Å². The van der Waals surface area contributed by atoms with Crippen LogP contribution in [0.4, 0.5) is 0 Å². The Labute approximate surface area is 80.1 Å². The molecule has 0 aromatic rings. The van der Waals surface area contributed by atoms with Crippen LogP contribution in [-0.4, -0.2) is 16.1 Å². The number of hydrogen-bond donors (Lipinski definition) is 0. The molecule has 0 rings (SSSR count). The molecule has 0 heterocycles. The molecule has 0 spiro atoms. The minimum atomic E-state index is -0.544. The maximum absolute atomic E-state index is 11.3. The zero-order chi connectivity index (χ0) is 9.23. The Balaban J connectivity index is 3.02. The number of unbranched alkanes of at least 4 members (excludes halogenated alkanes) is 4. The van der Waals surface area contributed by atoms with Gasteiger partial charge in [0.2, 0.25) is 0 Å². The van der Waals surface area contributed by atoms with Crippen LogP contribution in [0, 0.1) is 6.92 Å². The van der Waals surface area contributed by atoms with Gasteiger partial charge < -0.3 is 4.55 Å². The van der Waals surface area contributed by atoms with Crippen LogP contribution >= 0.6 is 0 Å². The molecule has 0 amide bonds. The zero-order valence-electron chi connectivity index (χ0n) is 8.18. The van der Waals surface area contributed by atoms with E-state index in [9.17, 15) is 4.55 Å². The Hall–Kier alpha value is 0.310. The largest absolute Gasteiger partial charge is 0.616 e. The highest BCUT2D eigenvalue weighted by molar-refractivity contribution is 7.91. The molecule has 1 atom stereocenters. The molecule has 0 aromatic heterocycles. The second kappa shape index (κ2) is 9.40. The van der Waals surface area contributed by atoms with E-state index in [2.05, 4.69) is 13.8 Å². The van der Waals surface area contributed by atoms with E-state index in [1.165, 1.54) is 12.8 Å². The Morgan fingerprint density at radius 2 is 1.75 bits per heavy atom. The van der Waals surface area contributed by atoms with Crippen molar-refractivity contribution < 1.29 is 4.55 Å². The molecule has 1 nitrogen and oxygen atoms in total. The summed E-state index contributed by atoms with van der Waals surface area (Å²) in [6.07, 6.45) is 6.78. The van der Waals surface area contributed by atoms with Crippen molar-refractivity contribution >= 4 is 11.2 Å². The molecule has 0 aliphatic heterocycles. The topological polar surface area (TPSA) is 23.1 Å². The van der Waals surface area contributed by atoms with E-state index in [0.717, 1.165) is 37.2 Å². The Kier molecular flexibility index (Phi) is 9.64. The quantitative estimate of drug-likeness (QED) is 0.425. The van der Waals surface area contributed by atoms with Crippen LogP contribution in [0.5, 0.6) is 0 Å². The highest BCUT2D eigenvalue weighted by Crippen LogP contribution is 2.04. The first-order valence-corrected chi connectivity index (χ1v) is 6.44. The molecular formula is C10H21OS. The maximum Gasteiger partial charge on any atom is 0.105 e. The molecule has 0 saturated heterocycles. The molecule has 0 N–H and O–H groups in total. The normalized spacial score (nSPS) is 13.2. The Bertz CT molecular complexity index is 85.9. The van der Waals surface area contributed by atoms with Crippen molar-refractivity contribution in [2.75, 3.05) is 11.5 Å². The molecule has 73 valence electrons.